The van der Waals surface area contributed by atoms with Crippen LogP contribution in [0.3, 0.4) is 0 Å². The van der Waals surface area contributed by atoms with Crippen LogP contribution in [0.1, 0.15) is 25.2 Å². The first-order chi connectivity index (χ1) is 16.2. The lowest BCUT2D eigenvalue weighted by Gasteiger charge is -2.25. The van der Waals surface area contributed by atoms with Crippen molar-refractivity contribution in [3.05, 3.63) is 83.1 Å². The van der Waals surface area contributed by atoms with E-state index in [0.717, 1.165) is 11.4 Å². The van der Waals surface area contributed by atoms with Gasteiger partial charge in [-0.15, -0.1) is 10.2 Å². The van der Waals surface area contributed by atoms with Gasteiger partial charge in [0.25, 0.3) is 5.91 Å². The van der Waals surface area contributed by atoms with Gasteiger partial charge in [-0.05, 0) is 88.4 Å². The lowest BCUT2D eigenvalue weighted by Crippen LogP contribution is -2.42. The first-order valence-electron chi connectivity index (χ1n) is 10.6. The number of aromatic nitrogens is 4. The summed E-state index contributed by atoms with van der Waals surface area (Å²) in [6.07, 6.45) is 0. The molecule has 4 rings (SSSR count). The van der Waals surface area contributed by atoms with Crippen molar-refractivity contribution in [1.82, 2.24) is 20.0 Å². The Kier molecular flexibility index (Phi) is 6.51. The molecule has 1 N–H and O–H groups in total. The molecule has 2 aromatic heterocycles. The number of ether oxygens (including phenoxy) is 2. The Balaban J connectivity index is 1.36. The van der Waals surface area contributed by atoms with E-state index in [4.69, 9.17) is 21.1 Å². The molecule has 0 aliphatic heterocycles. The molecule has 1 amide bonds. The highest BCUT2D eigenvalue weighted by Gasteiger charge is 2.30. The smallest absolute Gasteiger partial charge is 0.267 e. The molecule has 0 saturated carbocycles. The van der Waals surface area contributed by atoms with Gasteiger partial charge in [0.15, 0.2) is 11.4 Å². The van der Waals surface area contributed by atoms with Gasteiger partial charge in [-0.25, -0.2) is 4.68 Å². The number of hydrogen-bond donors (Lipinski definition) is 1. The molecule has 8 nitrogen and oxygen atoms in total. The SMILES string of the molecule is Cc1cc(C)n(-c2ccc(Oc3ccc(NC(=O)C(C)(C)Oc4ccc(Cl)cc4)cc3)nn2)n1. The molecule has 2 aromatic carbocycles. The number of amides is 1. The topological polar surface area (TPSA) is 91.2 Å². The van der Waals surface area contributed by atoms with Gasteiger partial charge < -0.3 is 14.8 Å². The number of rotatable bonds is 7. The highest BCUT2D eigenvalue weighted by molar-refractivity contribution is 6.30. The van der Waals surface area contributed by atoms with Gasteiger partial charge >= 0.3 is 0 Å². The minimum absolute atomic E-state index is 0.290. The second-order valence-corrected chi connectivity index (χ2v) is 8.65. The van der Waals surface area contributed by atoms with Gasteiger partial charge in [0.1, 0.15) is 11.5 Å². The Labute approximate surface area is 202 Å². The Bertz CT molecular complexity index is 1280. The van der Waals surface area contributed by atoms with Gasteiger partial charge in [-0.3, -0.25) is 4.79 Å². The zero-order valence-electron chi connectivity index (χ0n) is 19.2. The molecule has 34 heavy (non-hydrogen) atoms. The predicted molar refractivity (Wildman–Crippen MR) is 130 cm³/mol. The summed E-state index contributed by atoms with van der Waals surface area (Å²) >= 11 is 5.90. The third kappa shape index (κ3) is 5.52. The normalized spacial score (nSPS) is 11.2. The van der Waals surface area contributed by atoms with Gasteiger partial charge in [-0.1, -0.05) is 11.6 Å². The minimum Gasteiger partial charge on any atom is -0.478 e. The van der Waals surface area contributed by atoms with Crippen LogP contribution in [-0.2, 0) is 4.79 Å². The first-order valence-corrected chi connectivity index (χ1v) is 11.0. The molecule has 2 heterocycles. The van der Waals surface area contributed by atoms with Crippen molar-refractivity contribution in [1.29, 1.82) is 0 Å². The third-order valence-electron chi connectivity index (χ3n) is 4.92. The first kappa shape index (κ1) is 23.3. The molecule has 0 fully saturated rings. The summed E-state index contributed by atoms with van der Waals surface area (Å²) in [4.78, 5) is 12.7. The summed E-state index contributed by atoms with van der Waals surface area (Å²) in [7, 11) is 0. The van der Waals surface area contributed by atoms with E-state index in [1.807, 2.05) is 19.9 Å². The van der Waals surface area contributed by atoms with E-state index in [0.29, 0.717) is 33.9 Å². The number of nitrogens with zero attached hydrogens (tertiary/aromatic N) is 4. The zero-order valence-corrected chi connectivity index (χ0v) is 20.0. The molecule has 0 spiro atoms. The average Bonchev–Trinajstić information content (AvgIpc) is 3.15. The van der Waals surface area contributed by atoms with Gasteiger partial charge in [0, 0.05) is 22.5 Å². The summed E-state index contributed by atoms with van der Waals surface area (Å²) in [6.45, 7) is 7.27. The minimum atomic E-state index is -1.09. The van der Waals surface area contributed by atoms with E-state index in [-0.39, 0.29) is 5.91 Å². The number of anilines is 1. The maximum Gasteiger partial charge on any atom is 0.267 e. The lowest BCUT2D eigenvalue weighted by atomic mass is 10.1. The van der Waals surface area contributed by atoms with E-state index in [1.54, 1.807) is 79.2 Å². The number of nitrogens with one attached hydrogen (secondary N) is 1. The summed E-state index contributed by atoms with van der Waals surface area (Å²) < 4.78 is 13.3. The van der Waals surface area contributed by atoms with Crippen LogP contribution in [-0.4, -0.2) is 31.5 Å². The Morgan fingerprint density at radius 3 is 2.21 bits per heavy atom. The van der Waals surface area contributed by atoms with Crippen LogP contribution in [0, 0.1) is 13.8 Å². The summed E-state index contributed by atoms with van der Waals surface area (Å²) in [6, 6.07) is 19.3. The van der Waals surface area contributed by atoms with Crippen molar-refractivity contribution in [2.24, 2.45) is 0 Å². The van der Waals surface area contributed by atoms with E-state index in [2.05, 4.69) is 20.6 Å². The molecule has 0 atom stereocenters. The van der Waals surface area contributed by atoms with Crippen LogP contribution in [0.4, 0.5) is 5.69 Å². The number of hydrogen-bond acceptors (Lipinski definition) is 6. The highest BCUT2D eigenvalue weighted by atomic mass is 35.5. The molecular weight excluding hydrogens is 454 g/mol. The average molecular weight is 478 g/mol. The summed E-state index contributed by atoms with van der Waals surface area (Å²) in [5, 5.41) is 16.2. The molecule has 0 saturated heterocycles. The van der Waals surface area contributed by atoms with Crippen LogP contribution < -0.4 is 14.8 Å². The van der Waals surface area contributed by atoms with Gasteiger partial charge in [-0.2, -0.15) is 5.10 Å². The number of aryl methyl sites for hydroxylation is 2. The van der Waals surface area contributed by atoms with Crippen molar-refractivity contribution in [3.8, 4) is 23.2 Å². The number of carbonyl (C=O) groups is 1. The molecule has 0 aliphatic carbocycles. The van der Waals surface area contributed by atoms with Crippen molar-refractivity contribution < 1.29 is 14.3 Å². The van der Waals surface area contributed by atoms with Crippen molar-refractivity contribution in [2.45, 2.75) is 33.3 Å². The second-order valence-electron chi connectivity index (χ2n) is 8.22. The van der Waals surface area contributed by atoms with Crippen LogP contribution in [0.15, 0.2) is 66.7 Å². The molecular formula is C25H24ClN5O3. The molecule has 4 aromatic rings. The Morgan fingerprint density at radius 2 is 1.62 bits per heavy atom. The van der Waals surface area contributed by atoms with Crippen molar-refractivity contribution in [2.75, 3.05) is 5.32 Å². The maximum atomic E-state index is 12.7. The highest BCUT2D eigenvalue weighted by Crippen LogP contribution is 2.24. The van der Waals surface area contributed by atoms with Gasteiger partial charge in [0.2, 0.25) is 5.88 Å². The van der Waals surface area contributed by atoms with Crippen LogP contribution in [0.25, 0.3) is 5.82 Å². The maximum absolute atomic E-state index is 12.7. The Morgan fingerprint density at radius 1 is 0.941 bits per heavy atom. The number of carbonyl (C=O) groups excluding carboxylic acids is 1. The fourth-order valence-corrected chi connectivity index (χ4v) is 3.32. The molecule has 0 aliphatic rings. The van der Waals surface area contributed by atoms with Crippen LogP contribution in [0.2, 0.25) is 5.02 Å². The molecule has 0 bridgehead atoms. The number of benzene rings is 2. The van der Waals surface area contributed by atoms with Crippen molar-refractivity contribution in [3.63, 3.8) is 0 Å². The van der Waals surface area contributed by atoms with Crippen LogP contribution >= 0.6 is 11.6 Å². The van der Waals surface area contributed by atoms with E-state index in [9.17, 15) is 4.79 Å². The zero-order chi connectivity index (χ0) is 24.3. The molecule has 9 heteroatoms. The monoisotopic (exact) mass is 477 g/mol. The fraction of sp³-hybridized carbons (Fsp3) is 0.200. The van der Waals surface area contributed by atoms with E-state index in [1.165, 1.54) is 0 Å². The fourth-order valence-electron chi connectivity index (χ4n) is 3.19. The molecule has 174 valence electrons. The molecule has 0 radical (unpaired) electrons. The van der Waals surface area contributed by atoms with Crippen molar-refractivity contribution >= 4 is 23.2 Å². The largest absolute Gasteiger partial charge is 0.478 e. The number of halogens is 1. The third-order valence-corrected chi connectivity index (χ3v) is 5.17. The van der Waals surface area contributed by atoms with E-state index >= 15 is 0 Å². The van der Waals surface area contributed by atoms with E-state index < -0.39 is 5.60 Å². The molecule has 0 unspecified atom stereocenters. The summed E-state index contributed by atoms with van der Waals surface area (Å²) in [5.74, 6) is 1.78. The quantitative estimate of drug-likeness (QED) is 0.377. The van der Waals surface area contributed by atoms with Gasteiger partial charge in [0.05, 0.1) is 5.69 Å². The summed E-state index contributed by atoms with van der Waals surface area (Å²) in [5.41, 5.74) is 1.40. The standard InChI is InChI=1S/C25H24ClN5O3/c1-16-15-17(2)31(30-16)22-13-14-23(29-28-22)33-20-11-7-19(8-12-20)27-24(32)25(3,4)34-21-9-5-18(26)6-10-21/h5-15H,1-4H3,(H,27,32). The lowest BCUT2D eigenvalue weighted by molar-refractivity contribution is -0.128. The second kappa shape index (κ2) is 9.52. The Hall–Kier alpha value is -3.91. The van der Waals surface area contributed by atoms with Crippen LogP contribution in [0.5, 0.6) is 17.4 Å². The predicted octanol–water partition coefficient (Wildman–Crippen LogP) is 5.52.